The van der Waals surface area contributed by atoms with Crippen LogP contribution in [-0.4, -0.2) is 29.1 Å². The van der Waals surface area contributed by atoms with Crippen molar-refractivity contribution >= 4 is 11.8 Å². The second kappa shape index (κ2) is 7.96. The van der Waals surface area contributed by atoms with Crippen molar-refractivity contribution in [3.63, 3.8) is 0 Å². The monoisotopic (exact) mass is 344 g/mol. The van der Waals surface area contributed by atoms with E-state index in [0.29, 0.717) is 12.3 Å². The number of esters is 1. The average molecular weight is 344 g/mol. The lowest BCUT2D eigenvalue weighted by atomic mass is 9.61. The van der Waals surface area contributed by atoms with Crippen molar-refractivity contribution < 1.29 is 19.4 Å². The molecule has 0 aliphatic heterocycles. The predicted octanol–water partition coefficient (Wildman–Crippen LogP) is 3.53. The van der Waals surface area contributed by atoms with Gasteiger partial charge in [-0.25, -0.2) is 4.79 Å². The fraction of sp³-hybridized carbons (Fsp3) is 0.524. The largest absolute Gasteiger partial charge is 0.455 e. The van der Waals surface area contributed by atoms with Gasteiger partial charge in [0.1, 0.15) is 12.2 Å². The van der Waals surface area contributed by atoms with Crippen LogP contribution in [0.2, 0.25) is 0 Å². The van der Waals surface area contributed by atoms with Gasteiger partial charge in [-0.1, -0.05) is 58.4 Å². The van der Waals surface area contributed by atoms with E-state index in [0.717, 1.165) is 12.0 Å². The van der Waals surface area contributed by atoms with Crippen molar-refractivity contribution in [2.75, 3.05) is 0 Å². The average Bonchev–Trinajstić information content (AvgIpc) is 2.57. The maximum atomic E-state index is 12.1. The first-order valence-electron chi connectivity index (χ1n) is 8.95. The van der Waals surface area contributed by atoms with Crippen molar-refractivity contribution in [3.05, 3.63) is 48.1 Å². The summed E-state index contributed by atoms with van der Waals surface area (Å²) in [6.07, 6.45) is 12.3. The van der Waals surface area contributed by atoms with Crippen molar-refractivity contribution in [3.8, 4) is 0 Å². The Balaban J connectivity index is 2.05. The molecule has 0 aromatic rings. The topological polar surface area (TPSA) is 63.6 Å². The molecule has 0 radical (unpaired) electrons. The van der Waals surface area contributed by atoms with E-state index in [-0.39, 0.29) is 23.2 Å². The molecule has 2 aliphatic carbocycles. The minimum absolute atomic E-state index is 0.0282. The third kappa shape index (κ3) is 4.37. The molecule has 25 heavy (non-hydrogen) atoms. The van der Waals surface area contributed by atoms with E-state index in [2.05, 4.69) is 13.8 Å². The molecule has 0 aromatic carbocycles. The fourth-order valence-corrected chi connectivity index (χ4v) is 3.29. The van der Waals surface area contributed by atoms with E-state index in [1.165, 1.54) is 12.2 Å². The van der Waals surface area contributed by atoms with Crippen LogP contribution >= 0.6 is 0 Å². The number of carbonyl (C=O) groups is 2. The zero-order valence-corrected chi connectivity index (χ0v) is 15.4. The van der Waals surface area contributed by atoms with E-state index >= 15 is 0 Å². The number of hydrogen-bond donors (Lipinski definition) is 1. The van der Waals surface area contributed by atoms with Crippen LogP contribution in [0, 0.1) is 17.3 Å². The number of hydrogen-bond acceptors (Lipinski definition) is 4. The van der Waals surface area contributed by atoms with E-state index in [1.54, 1.807) is 6.08 Å². The summed E-state index contributed by atoms with van der Waals surface area (Å²) in [5, 5.41) is 9.93. The van der Waals surface area contributed by atoms with E-state index in [1.807, 2.05) is 38.2 Å². The number of aliphatic hydroxyl groups excluding tert-OH is 1. The first-order chi connectivity index (χ1) is 11.8. The molecular formula is C21H28O4. The Labute approximate surface area is 149 Å². The second-order valence-electron chi connectivity index (χ2n) is 7.32. The van der Waals surface area contributed by atoms with Gasteiger partial charge in [-0.2, -0.15) is 0 Å². The number of fused-ring (bicyclic) bond motifs is 1. The van der Waals surface area contributed by atoms with Gasteiger partial charge in [-0.15, -0.1) is 0 Å². The molecule has 0 unspecified atom stereocenters. The van der Waals surface area contributed by atoms with Crippen molar-refractivity contribution in [1.82, 2.24) is 0 Å². The third-order valence-corrected chi connectivity index (χ3v) is 5.55. The molecule has 4 heteroatoms. The third-order valence-electron chi connectivity index (χ3n) is 5.55. The van der Waals surface area contributed by atoms with Gasteiger partial charge in [0.25, 0.3) is 0 Å². The summed E-state index contributed by atoms with van der Waals surface area (Å²) in [6, 6.07) is 0. The number of rotatable bonds is 5. The molecule has 0 amide bonds. The number of ether oxygens (including phenoxy) is 1. The minimum Gasteiger partial charge on any atom is -0.455 e. The fourth-order valence-electron chi connectivity index (χ4n) is 3.29. The van der Waals surface area contributed by atoms with Gasteiger partial charge in [0, 0.05) is 17.4 Å². The Bertz CT molecular complexity index is 640. The first kappa shape index (κ1) is 19.4. The van der Waals surface area contributed by atoms with Crippen molar-refractivity contribution in [2.45, 2.75) is 52.7 Å². The molecule has 4 nitrogen and oxygen atoms in total. The lowest BCUT2D eigenvalue weighted by Gasteiger charge is -2.45. The molecule has 1 N–H and O–H groups in total. The van der Waals surface area contributed by atoms with Crippen molar-refractivity contribution in [2.24, 2.45) is 17.3 Å². The summed E-state index contributed by atoms with van der Waals surface area (Å²) in [6.45, 7) is 8.23. The Hall–Kier alpha value is -1.94. The van der Waals surface area contributed by atoms with Gasteiger partial charge < -0.3 is 9.84 Å². The summed E-state index contributed by atoms with van der Waals surface area (Å²) in [4.78, 5) is 23.8. The molecule has 0 aromatic heterocycles. The lowest BCUT2D eigenvalue weighted by Crippen LogP contribution is -2.45. The van der Waals surface area contributed by atoms with Gasteiger partial charge in [-0.3, -0.25) is 4.79 Å². The highest BCUT2D eigenvalue weighted by atomic mass is 16.5. The van der Waals surface area contributed by atoms with E-state index in [4.69, 9.17) is 4.74 Å². The van der Waals surface area contributed by atoms with Gasteiger partial charge in [0.2, 0.25) is 0 Å². The summed E-state index contributed by atoms with van der Waals surface area (Å²) < 4.78 is 5.57. The molecule has 0 heterocycles. The Morgan fingerprint density at radius 3 is 2.88 bits per heavy atom. The molecule has 0 saturated heterocycles. The van der Waals surface area contributed by atoms with Crippen LogP contribution in [0.1, 0.15) is 40.5 Å². The molecular weight excluding hydrogens is 316 g/mol. The van der Waals surface area contributed by atoms with Gasteiger partial charge in [0.15, 0.2) is 5.78 Å². The molecule has 0 spiro atoms. The van der Waals surface area contributed by atoms with Crippen molar-refractivity contribution in [1.29, 1.82) is 0 Å². The van der Waals surface area contributed by atoms with Crippen LogP contribution < -0.4 is 0 Å². The molecule has 136 valence electrons. The molecule has 0 bridgehead atoms. The second-order valence-corrected chi connectivity index (χ2v) is 7.32. The SMILES string of the molecule is CC[C@H](C)/C=C/C=C/C(=O)O[C@H]1C=CC2=CC(=O)[C@H](O)C[C@]2(C)[C@H]1C. The van der Waals surface area contributed by atoms with Crippen LogP contribution in [0.15, 0.2) is 48.1 Å². The van der Waals surface area contributed by atoms with Crippen LogP contribution in [0.25, 0.3) is 0 Å². The molecule has 0 saturated carbocycles. The summed E-state index contributed by atoms with van der Waals surface area (Å²) in [7, 11) is 0. The first-order valence-corrected chi connectivity index (χ1v) is 8.95. The van der Waals surface area contributed by atoms with Crippen LogP contribution in [0.4, 0.5) is 0 Å². The number of carbonyl (C=O) groups excluding carboxylic acids is 2. The molecule has 2 rings (SSSR count). The number of ketones is 1. The molecule has 0 fully saturated rings. The van der Waals surface area contributed by atoms with Gasteiger partial charge in [0.05, 0.1) is 0 Å². The number of allylic oxidation sites excluding steroid dienone is 5. The Morgan fingerprint density at radius 2 is 2.20 bits per heavy atom. The minimum atomic E-state index is -0.982. The maximum absolute atomic E-state index is 12.1. The Kier molecular flexibility index (Phi) is 6.17. The van der Waals surface area contributed by atoms with Crippen LogP contribution in [0.5, 0.6) is 0 Å². The summed E-state index contributed by atoms with van der Waals surface area (Å²) in [5.74, 6) is -0.193. The highest BCUT2D eigenvalue weighted by Crippen LogP contribution is 2.48. The highest BCUT2D eigenvalue weighted by molar-refractivity contribution is 5.96. The Morgan fingerprint density at radius 1 is 1.48 bits per heavy atom. The van der Waals surface area contributed by atoms with Gasteiger partial charge >= 0.3 is 5.97 Å². The quantitative estimate of drug-likeness (QED) is 0.471. The van der Waals surface area contributed by atoms with E-state index < -0.39 is 12.1 Å². The van der Waals surface area contributed by atoms with Crippen LogP contribution in [-0.2, 0) is 14.3 Å². The highest BCUT2D eigenvalue weighted by Gasteiger charge is 2.46. The smallest absolute Gasteiger partial charge is 0.331 e. The normalized spacial score (nSPS) is 33.4. The molecule has 5 atom stereocenters. The van der Waals surface area contributed by atoms with Gasteiger partial charge in [-0.05, 0) is 30.1 Å². The number of aliphatic hydroxyl groups is 1. The predicted molar refractivity (Wildman–Crippen MR) is 97.7 cm³/mol. The molecule has 2 aliphatic rings. The summed E-state index contributed by atoms with van der Waals surface area (Å²) >= 11 is 0. The summed E-state index contributed by atoms with van der Waals surface area (Å²) in [5.41, 5.74) is 0.516. The zero-order valence-electron chi connectivity index (χ0n) is 15.4. The standard InChI is InChI=1S/C21H28O4/c1-5-14(2)8-6-7-9-20(24)25-19-11-10-16-12-17(22)18(23)13-21(16,4)15(19)3/h6-12,14-15,18-19,23H,5,13H2,1-4H3/b8-6+,9-7+/t14-,15-,18+,19-,21+/m0/s1. The lowest BCUT2D eigenvalue weighted by molar-refractivity contribution is -0.145. The zero-order chi connectivity index (χ0) is 18.6. The van der Waals surface area contributed by atoms with Crippen LogP contribution in [0.3, 0.4) is 0 Å². The van der Waals surface area contributed by atoms with E-state index in [9.17, 15) is 14.7 Å². The maximum Gasteiger partial charge on any atom is 0.331 e.